The Hall–Kier alpha value is -1.56. The van der Waals surface area contributed by atoms with Crippen LogP contribution in [0.1, 0.15) is 18.4 Å². The van der Waals surface area contributed by atoms with Gasteiger partial charge in [-0.25, -0.2) is 4.39 Å². The van der Waals surface area contributed by atoms with Crippen LogP contribution in [0, 0.1) is 23.1 Å². The van der Waals surface area contributed by atoms with Gasteiger partial charge in [0.1, 0.15) is 0 Å². The second-order valence-corrected chi connectivity index (χ2v) is 3.51. The van der Waals surface area contributed by atoms with E-state index in [4.69, 9.17) is 10.00 Å². The van der Waals surface area contributed by atoms with Gasteiger partial charge in [0.25, 0.3) is 0 Å². The molecule has 0 aromatic heterocycles. The highest BCUT2D eigenvalue weighted by Gasteiger charge is 2.22. The maximum Gasteiger partial charge on any atom is 0.166 e. The van der Waals surface area contributed by atoms with Crippen molar-refractivity contribution in [1.82, 2.24) is 0 Å². The molecule has 0 atom stereocenters. The smallest absolute Gasteiger partial charge is 0.166 e. The third-order valence-corrected chi connectivity index (χ3v) is 2.23. The predicted octanol–water partition coefficient (Wildman–Crippen LogP) is 2.49. The van der Waals surface area contributed by atoms with Crippen LogP contribution in [0.3, 0.4) is 0 Å². The van der Waals surface area contributed by atoms with Gasteiger partial charge < -0.3 is 4.74 Å². The SMILES string of the molecule is N#Cc1ccc(OCC2CC2)c(F)c1. The quantitative estimate of drug-likeness (QED) is 0.735. The number of nitrogens with zero attached hydrogens (tertiary/aromatic N) is 1. The van der Waals surface area contributed by atoms with E-state index in [1.54, 1.807) is 6.07 Å². The maximum atomic E-state index is 13.2. The van der Waals surface area contributed by atoms with E-state index in [9.17, 15) is 4.39 Å². The molecule has 0 aliphatic heterocycles. The molecule has 72 valence electrons. The van der Waals surface area contributed by atoms with Gasteiger partial charge in [-0.1, -0.05) is 0 Å². The molecule has 3 heteroatoms. The summed E-state index contributed by atoms with van der Waals surface area (Å²) in [7, 11) is 0. The van der Waals surface area contributed by atoms with Gasteiger partial charge in [-0.3, -0.25) is 0 Å². The molecule has 0 spiro atoms. The zero-order chi connectivity index (χ0) is 9.97. The van der Waals surface area contributed by atoms with Gasteiger partial charge in [0.2, 0.25) is 0 Å². The number of hydrogen-bond acceptors (Lipinski definition) is 2. The van der Waals surface area contributed by atoms with Crippen LogP contribution in [-0.4, -0.2) is 6.61 Å². The Morgan fingerprint density at radius 3 is 2.86 bits per heavy atom. The summed E-state index contributed by atoms with van der Waals surface area (Å²) in [5.41, 5.74) is 0.321. The minimum Gasteiger partial charge on any atom is -0.490 e. The zero-order valence-corrected chi connectivity index (χ0v) is 7.66. The van der Waals surface area contributed by atoms with Crippen LogP contribution in [0.5, 0.6) is 5.75 Å². The molecule has 1 fully saturated rings. The van der Waals surface area contributed by atoms with Gasteiger partial charge in [0.05, 0.1) is 18.2 Å². The summed E-state index contributed by atoms with van der Waals surface area (Å²) in [6.45, 7) is 0.586. The fourth-order valence-electron chi connectivity index (χ4n) is 1.18. The third kappa shape index (κ3) is 2.02. The minimum atomic E-state index is -0.454. The first-order valence-electron chi connectivity index (χ1n) is 4.62. The lowest BCUT2D eigenvalue weighted by Gasteiger charge is -2.05. The van der Waals surface area contributed by atoms with E-state index in [1.807, 2.05) is 6.07 Å². The molecule has 1 saturated carbocycles. The Balaban J connectivity index is 2.05. The Bertz CT molecular complexity index is 379. The standard InChI is InChI=1S/C11H10FNO/c12-10-5-9(6-13)3-4-11(10)14-7-8-1-2-8/h3-5,8H,1-2,7H2. The molecule has 1 aliphatic carbocycles. The van der Waals surface area contributed by atoms with Gasteiger partial charge in [-0.05, 0) is 37.0 Å². The van der Waals surface area contributed by atoms with E-state index >= 15 is 0 Å². The van der Waals surface area contributed by atoms with Gasteiger partial charge in [0.15, 0.2) is 11.6 Å². The molecule has 1 aromatic carbocycles. The Labute approximate surface area is 81.9 Å². The molecule has 0 N–H and O–H groups in total. The highest BCUT2D eigenvalue weighted by atomic mass is 19.1. The van der Waals surface area contributed by atoms with Crippen molar-refractivity contribution in [3.8, 4) is 11.8 Å². The minimum absolute atomic E-state index is 0.246. The van der Waals surface area contributed by atoms with E-state index in [1.165, 1.54) is 25.0 Å². The largest absolute Gasteiger partial charge is 0.490 e. The maximum absolute atomic E-state index is 13.2. The highest BCUT2D eigenvalue weighted by molar-refractivity contribution is 5.35. The summed E-state index contributed by atoms with van der Waals surface area (Å²) in [6, 6.07) is 6.14. The summed E-state index contributed by atoms with van der Waals surface area (Å²) >= 11 is 0. The molecular weight excluding hydrogens is 181 g/mol. The average Bonchev–Trinajstić information content (AvgIpc) is 2.99. The first-order valence-corrected chi connectivity index (χ1v) is 4.62. The van der Waals surface area contributed by atoms with E-state index < -0.39 is 5.82 Å². The first kappa shape index (κ1) is 9.01. The molecule has 0 radical (unpaired) electrons. The fourth-order valence-corrected chi connectivity index (χ4v) is 1.18. The molecule has 0 amide bonds. The number of hydrogen-bond donors (Lipinski definition) is 0. The van der Waals surface area contributed by atoms with Crippen LogP contribution in [0.15, 0.2) is 18.2 Å². The van der Waals surface area contributed by atoms with Crippen molar-refractivity contribution < 1.29 is 9.13 Å². The zero-order valence-electron chi connectivity index (χ0n) is 7.66. The molecule has 2 rings (SSSR count). The monoisotopic (exact) mass is 191 g/mol. The first-order chi connectivity index (χ1) is 6.79. The van der Waals surface area contributed by atoms with Crippen molar-refractivity contribution in [1.29, 1.82) is 5.26 Å². The molecule has 0 saturated heterocycles. The van der Waals surface area contributed by atoms with Crippen LogP contribution < -0.4 is 4.74 Å². The van der Waals surface area contributed by atoms with Crippen molar-refractivity contribution in [3.05, 3.63) is 29.6 Å². The van der Waals surface area contributed by atoms with E-state index in [2.05, 4.69) is 0 Å². The van der Waals surface area contributed by atoms with Crippen LogP contribution in [-0.2, 0) is 0 Å². The van der Waals surface area contributed by atoms with E-state index in [-0.39, 0.29) is 5.75 Å². The molecule has 1 aliphatic rings. The van der Waals surface area contributed by atoms with E-state index in [0.29, 0.717) is 18.1 Å². The lowest BCUT2D eigenvalue weighted by molar-refractivity contribution is 0.285. The second-order valence-electron chi connectivity index (χ2n) is 3.51. The summed E-state index contributed by atoms with van der Waals surface area (Å²) < 4.78 is 18.5. The third-order valence-electron chi connectivity index (χ3n) is 2.23. The molecule has 0 unspecified atom stereocenters. The second kappa shape index (κ2) is 3.67. The molecule has 1 aromatic rings. The Morgan fingerprint density at radius 2 is 2.29 bits per heavy atom. The lowest BCUT2D eigenvalue weighted by atomic mass is 10.2. The average molecular weight is 191 g/mol. The summed E-state index contributed by atoms with van der Waals surface area (Å²) in [4.78, 5) is 0. The number of rotatable bonds is 3. The molecule has 0 heterocycles. The van der Waals surface area contributed by atoms with E-state index in [0.717, 1.165) is 0 Å². The number of benzene rings is 1. The predicted molar refractivity (Wildman–Crippen MR) is 49.3 cm³/mol. The van der Waals surface area contributed by atoms with Crippen LogP contribution in [0.2, 0.25) is 0 Å². The van der Waals surface area contributed by atoms with Gasteiger partial charge >= 0.3 is 0 Å². The number of ether oxygens (including phenoxy) is 1. The van der Waals surface area contributed by atoms with Crippen LogP contribution in [0.4, 0.5) is 4.39 Å². The number of nitriles is 1. The van der Waals surface area contributed by atoms with Gasteiger partial charge in [-0.15, -0.1) is 0 Å². The van der Waals surface area contributed by atoms with Crippen molar-refractivity contribution in [3.63, 3.8) is 0 Å². The lowest BCUT2D eigenvalue weighted by Crippen LogP contribution is -2.00. The summed E-state index contributed by atoms with van der Waals surface area (Å²) in [5.74, 6) is 0.394. The topological polar surface area (TPSA) is 33.0 Å². The molecular formula is C11H10FNO. The van der Waals surface area contributed by atoms with Gasteiger partial charge in [0, 0.05) is 0 Å². The Kier molecular flexibility index (Phi) is 2.36. The van der Waals surface area contributed by atoms with Crippen LogP contribution in [0.25, 0.3) is 0 Å². The van der Waals surface area contributed by atoms with Crippen molar-refractivity contribution >= 4 is 0 Å². The molecule has 14 heavy (non-hydrogen) atoms. The fraction of sp³-hybridized carbons (Fsp3) is 0.364. The van der Waals surface area contributed by atoms with Crippen molar-refractivity contribution in [2.24, 2.45) is 5.92 Å². The van der Waals surface area contributed by atoms with Crippen LogP contribution >= 0.6 is 0 Å². The highest BCUT2D eigenvalue weighted by Crippen LogP contribution is 2.30. The van der Waals surface area contributed by atoms with Crippen molar-refractivity contribution in [2.45, 2.75) is 12.8 Å². The normalized spacial score (nSPS) is 14.9. The summed E-state index contributed by atoms with van der Waals surface area (Å²) in [6.07, 6.45) is 2.36. The molecule has 2 nitrogen and oxygen atoms in total. The summed E-state index contributed by atoms with van der Waals surface area (Å²) in [5, 5.41) is 8.52. The Morgan fingerprint density at radius 1 is 1.50 bits per heavy atom. The molecule has 0 bridgehead atoms. The number of halogens is 1. The van der Waals surface area contributed by atoms with Crippen molar-refractivity contribution in [2.75, 3.05) is 6.61 Å². The van der Waals surface area contributed by atoms with Gasteiger partial charge in [-0.2, -0.15) is 5.26 Å².